The lowest BCUT2D eigenvalue weighted by atomic mass is 10.1. The second-order valence-electron chi connectivity index (χ2n) is 6.54. The number of aromatic nitrogens is 2. The average molecular weight is 426 g/mol. The van der Waals surface area contributed by atoms with Crippen LogP contribution in [0.15, 0.2) is 47.0 Å². The van der Waals surface area contributed by atoms with E-state index < -0.39 is 23.5 Å². The molecule has 1 saturated heterocycles. The second-order valence-corrected chi connectivity index (χ2v) is 6.95. The molecule has 1 unspecified atom stereocenters. The predicted octanol–water partition coefficient (Wildman–Crippen LogP) is 5.07. The Labute approximate surface area is 166 Å². The minimum atomic E-state index is -4.49. The number of carbonyl (C=O) groups is 1. The molecule has 0 N–H and O–H groups in total. The molecule has 3 aromatic rings. The molecule has 4 rings (SSSR count). The SMILES string of the molecule is O=C1CC(c2nc(-c3cccc(C(F)(F)F)c3)no2)CN1c1ccc(F)c(Cl)c1. The number of halogens is 5. The fourth-order valence-corrected chi connectivity index (χ4v) is 3.30. The van der Waals surface area contributed by atoms with E-state index in [1.165, 1.54) is 29.2 Å². The molecule has 10 heteroatoms. The summed E-state index contributed by atoms with van der Waals surface area (Å²) in [5, 5.41) is 3.64. The van der Waals surface area contributed by atoms with Gasteiger partial charge in [0.15, 0.2) is 0 Å². The van der Waals surface area contributed by atoms with E-state index in [0.717, 1.165) is 18.2 Å². The minimum Gasteiger partial charge on any atom is -0.339 e. The molecule has 0 spiro atoms. The Morgan fingerprint density at radius 1 is 1.17 bits per heavy atom. The highest BCUT2D eigenvalue weighted by molar-refractivity contribution is 6.31. The lowest BCUT2D eigenvalue weighted by Gasteiger charge is -2.16. The predicted molar refractivity (Wildman–Crippen MR) is 95.9 cm³/mol. The van der Waals surface area contributed by atoms with Crippen molar-refractivity contribution < 1.29 is 26.9 Å². The first-order valence-electron chi connectivity index (χ1n) is 8.49. The number of hydrogen-bond donors (Lipinski definition) is 0. The summed E-state index contributed by atoms with van der Waals surface area (Å²) in [7, 11) is 0. The van der Waals surface area contributed by atoms with Gasteiger partial charge < -0.3 is 9.42 Å². The number of nitrogens with zero attached hydrogens (tertiary/aromatic N) is 3. The van der Waals surface area contributed by atoms with Crippen LogP contribution in [0.2, 0.25) is 5.02 Å². The summed E-state index contributed by atoms with van der Waals surface area (Å²) in [4.78, 5) is 18.0. The summed E-state index contributed by atoms with van der Waals surface area (Å²) < 4.78 is 57.2. The first-order valence-corrected chi connectivity index (χ1v) is 8.87. The van der Waals surface area contributed by atoms with Crippen LogP contribution < -0.4 is 4.90 Å². The quantitative estimate of drug-likeness (QED) is 0.550. The van der Waals surface area contributed by atoms with Gasteiger partial charge in [0, 0.05) is 24.2 Å². The van der Waals surface area contributed by atoms with Crippen molar-refractivity contribution in [2.45, 2.75) is 18.5 Å². The van der Waals surface area contributed by atoms with Gasteiger partial charge in [0.25, 0.3) is 0 Å². The van der Waals surface area contributed by atoms with Crippen LogP contribution in [0.5, 0.6) is 0 Å². The summed E-state index contributed by atoms with van der Waals surface area (Å²) in [6.45, 7) is 0.199. The number of alkyl halides is 3. The Morgan fingerprint density at radius 2 is 1.97 bits per heavy atom. The van der Waals surface area contributed by atoms with E-state index in [1.54, 1.807) is 0 Å². The van der Waals surface area contributed by atoms with Gasteiger partial charge in [-0.15, -0.1) is 0 Å². The number of benzene rings is 2. The standard InChI is InChI=1S/C19H12ClF4N3O2/c20-14-8-13(4-5-15(14)21)27-9-11(7-16(27)28)18-25-17(26-29-18)10-2-1-3-12(6-10)19(22,23)24/h1-6,8,11H,7,9H2. The van der Waals surface area contributed by atoms with E-state index >= 15 is 0 Å². The van der Waals surface area contributed by atoms with Crippen LogP contribution in [0.4, 0.5) is 23.2 Å². The van der Waals surface area contributed by atoms with Gasteiger partial charge >= 0.3 is 6.18 Å². The van der Waals surface area contributed by atoms with E-state index in [9.17, 15) is 22.4 Å². The van der Waals surface area contributed by atoms with Gasteiger partial charge in [0.2, 0.25) is 17.6 Å². The highest BCUT2D eigenvalue weighted by Gasteiger charge is 2.36. The number of hydrogen-bond acceptors (Lipinski definition) is 4. The van der Waals surface area contributed by atoms with Crippen LogP contribution in [0.25, 0.3) is 11.4 Å². The van der Waals surface area contributed by atoms with Gasteiger partial charge in [-0.25, -0.2) is 4.39 Å². The maximum Gasteiger partial charge on any atom is 0.416 e. The number of amides is 1. The van der Waals surface area contributed by atoms with Crippen molar-refractivity contribution in [1.29, 1.82) is 0 Å². The van der Waals surface area contributed by atoms with Crippen molar-refractivity contribution >= 4 is 23.2 Å². The summed E-state index contributed by atoms with van der Waals surface area (Å²) in [6.07, 6.45) is -4.42. The van der Waals surface area contributed by atoms with Crippen molar-refractivity contribution in [3.8, 4) is 11.4 Å². The number of rotatable bonds is 3. The molecular weight excluding hydrogens is 414 g/mol. The van der Waals surface area contributed by atoms with Crippen LogP contribution in [-0.4, -0.2) is 22.6 Å². The van der Waals surface area contributed by atoms with E-state index in [1.807, 2.05) is 0 Å². The van der Waals surface area contributed by atoms with Crippen LogP contribution in [0.3, 0.4) is 0 Å². The molecule has 0 aliphatic carbocycles. The fourth-order valence-electron chi connectivity index (χ4n) is 3.13. The van der Waals surface area contributed by atoms with Gasteiger partial charge in [-0.3, -0.25) is 4.79 Å². The molecule has 150 valence electrons. The smallest absolute Gasteiger partial charge is 0.339 e. The van der Waals surface area contributed by atoms with E-state index in [4.69, 9.17) is 16.1 Å². The minimum absolute atomic E-state index is 0.00169. The number of carbonyl (C=O) groups excluding carboxylic acids is 1. The molecule has 5 nitrogen and oxygen atoms in total. The second kappa shape index (κ2) is 7.14. The Hall–Kier alpha value is -2.94. The topological polar surface area (TPSA) is 59.2 Å². The Bertz CT molecular complexity index is 1080. The third-order valence-electron chi connectivity index (χ3n) is 4.58. The maximum absolute atomic E-state index is 13.4. The zero-order valence-corrected chi connectivity index (χ0v) is 15.3. The number of anilines is 1. The van der Waals surface area contributed by atoms with E-state index in [-0.39, 0.29) is 41.2 Å². The van der Waals surface area contributed by atoms with Crippen molar-refractivity contribution in [3.05, 3.63) is 64.8 Å². The van der Waals surface area contributed by atoms with Crippen molar-refractivity contribution in [2.75, 3.05) is 11.4 Å². The average Bonchev–Trinajstić information content (AvgIpc) is 3.30. The van der Waals surface area contributed by atoms with Crippen LogP contribution in [0, 0.1) is 5.82 Å². The Morgan fingerprint density at radius 3 is 2.69 bits per heavy atom. The van der Waals surface area contributed by atoms with Crippen LogP contribution >= 0.6 is 11.6 Å². The summed E-state index contributed by atoms with van der Waals surface area (Å²) >= 11 is 5.78. The molecule has 1 atom stereocenters. The highest BCUT2D eigenvalue weighted by Crippen LogP contribution is 2.35. The van der Waals surface area contributed by atoms with Gasteiger partial charge in [0.05, 0.1) is 16.5 Å². The monoisotopic (exact) mass is 425 g/mol. The molecule has 1 fully saturated rings. The Balaban J connectivity index is 1.56. The largest absolute Gasteiger partial charge is 0.416 e. The van der Waals surface area contributed by atoms with Gasteiger partial charge in [0.1, 0.15) is 5.82 Å². The van der Waals surface area contributed by atoms with Crippen molar-refractivity contribution in [1.82, 2.24) is 10.1 Å². The summed E-state index contributed by atoms with van der Waals surface area (Å²) in [5.74, 6) is -1.14. The molecule has 1 aliphatic heterocycles. The van der Waals surface area contributed by atoms with Crippen molar-refractivity contribution in [2.24, 2.45) is 0 Å². The van der Waals surface area contributed by atoms with Crippen LogP contribution in [0.1, 0.15) is 23.8 Å². The molecular formula is C19H12ClF4N3O2. The summed E-state index contributed by atoms with van der Waals surface area (Å²) in [5.41, 5.74) is -0.236. The van der Waals surface area contributed by atoms with Gasteiger partial charge in [-0.1, -0.05) is 28.9 Å². The molecule has 1 amide bonds. The molecule has 2 aromatic carbocycles. The third-order valence-corrected chi connectivity index (χ3v) is 4.87. The maximum atomic E-state index is 13.4. The molecule has 29 heavy (non-hydrogen) atoms. The fraction of sp³-hybridized carbons (Fsp3) is 0.211. The molecule has 2 heterocycles. The lowest BCUT2D eigenvalue weighted by Crippen LogP contribution is -2.24. The third kappa shape index (κ3) is 3.82. The van der Waals surface area contributed by atoms with Crippen molar-refractivity contribution in [3.63, 3.8) is 0 Å². The molecule has 1 aliphatic rings. The van der Waals surface area contributed by atoms with E-state index in [2.05, 4.69) is 10.1 Å². The molecule has 1 aromatic heterocycles. The van der Waals surface area contributed by atoms with E-state index in [0.29, 0.717) is 5.69 Å². The van der Waals surface area contributed by atoms with Gasteiger partial charge in [-0.05, 0) is 30.3 Å². The zero-order chi connectivity index (χ0) is 20.8. The van der Waals surface area contributed by atoms with Crippen LogP contribution in [-0.2, 0) is 11.0 Å². The lowest BCUT2D eigenvalue weighted by molar-refractivity contribution is -0.137. The summed E-state index contributed by atoms with van der Waals surface area (Å²) in [6, 6.07) is 8.52. The first-order chi connectivity index (χ1) is 13.7. The molecule has 0 bridgehead atoms. The highest BCUT2D eigenvalue weighted by atomic mass is 35.5. The Kier molecular flexibility index (Phi) is 4.77. The normalized spacial score (nSPS) is 17.2. The first kappa shape index (κ1) is 19.4. The zero-order valence-electron chi connectivity index (χ0n) is 14.6. The molecule has 0 radical (unpaired) electrons. The van der Waals surface area contributed by atoms with Gasteiger partial charge in [-0.2, -0.15) is 18.2 Å². The molecule has 0 saturated carbocycles.